The first-order valence-corrected chi connectivity index (χ1v) is 21.6. The highest BCUT2D eigenvalue weighted by Crippen LogP contribution is 2.73. The Morgan fingerprint density at radius 3 is 2.32 bits per heavy atom. The summed E-state index contributed by atoms with van der Waals surface area (Å²) in [6, 6.07) is 0.789. The Hall–Kier alpha value is -3.82. The van der Waals surface area contributed by atoms with E-state index in [1.54, 1.807) is 34.6 Å². The zero-order chi connectivity index (χ0) is 41.6. The Kier molecular flexibility index (Phi) is 14.3. The average molecular weight is 828 g/mol. The van der Waals surface area contributed by atoms with Gasteiger partial charge in [0.25, 0.3) is 0 Å². The van der Waals surface area contributed by atoms with Crippen LogP contribution in [0, 0.1) is 5.92 Å². The maximum Gasteiger partial charge on any atom is 0.416 e. The molecule has 14 nitrogen and oxygen atoms in total. The first-order valence-electron chi connectivity index (χ1n) is 20.0. The van der Waals surface area contributed by atoms with Crippen molar-refractivity contribution in [3.63, 3.8) is 0 Å². The summed E-state index contributed by atoms with van der Waals surface area (Å²) < 4.78 is 78.4. The van der Waals surface area contributed by atoms with Crippen LogP contribution in [0.5, 0.6) is 0 Å². The molecule has 0 aromatic heterocycles. The molecule has 1 saturated carbocycles. The van der Waals surface area contributed by atoms with Crippen molar-refractivity contribution in [2.75, 3.05) is 43.1 Å². The van der Waals surface area contributed by atoms with Crippen LogP contribution in [0.25, 0.3) is 0 Å². The second kappa shape index (κ2) is 18.4. The minimum Gasteiger partial charge on any atom is -0.444 e. The van der Waals surface area contributed by atoms with Gasteiger partial charge in [0, 0.05) is 25.4 Å². The second-order valence-electron chi connectivity index (χ2n) is 16.0. The maximum absolute atomic E-state index is 14.4. The van der Waals surface area contributed by atoms with E-state index in [1.165, 1.54) is 11.0 Å². The number of hydrogen-bond donors (Lipinski definition) is 3. The Bertz CT molecular complexity index is 1690. The molecule has 1 aliphatic carbocycles. The van der Waals surface area contributed by atoms with Crippen molar-refractivity contribution in [1.82, 2.24) is 15.5 Å². The summed E-state index contributed by atoms with van der Waals surface area (Å²) in [6.45, 7) is 9.41. The van der Waals surface area contributed by atoms with Crippen molar-refractivity contribution >= 4 is 43.0 Å². The molecule has 3 heterocycles. The third kappa shape index (κ3) is 11.0. The molecule has 2 saturated heterocycles. The molecule has 3 N–H and O–H groups in total. The molecule has 2 unspecified atom stereocenters. The van der Waals surface area contributed by atoms with E-state index >= 15 is 0 Å². The summed E-state index contributed by atoms with van der Waals surface area (Å²) in [5.74, 6) is -1.70. The molecule has 4 amide bonds. The molecule has 3 fully saturated rings. The first kappa shape index (κ1) is 44.3. The number of rotatable bonds is 9. The summed E-state index contributed by atoms with van der Waals surface area (Å²) in [5, 5.41) is 6.68. The van der Waals surface area contributed by atoms with Gasteiger partial charge >= 0.3 is 26.0 Å². The van der Waals surface area contributed by atoms with Gasteiger partial charge < -0.3 is 39.0 Å². The van der Waals surface area contributed by atoms with E-state index in [0.717, 1.165) is 44.2 Å². The van der Waals surface area contributed by atoms with Gasteiger partial charge in [-0.2, -0.15) is 13.2 Å². The summed E-state index contributed by atoms with van der Waals surface area (Å²) in [5.41, 5.74) is -1.48. The number of piperidine rings is 1. The van der Waals surface area contributed by atoms with Gasteiger partial charge in [0.05, 0.1) is 36.7 Å². The number of carbonyl (C=O) groups is 4. The van der Waals surface area contributed by atoms with Crippen LogP contribution in [-0.2, 0) is 38.9 Å². The second-order valence-corrected chi connectivity index (χ2v) is 18.3. The number of alkyl carbamates (subject to hydrolysis) is 1. The van der Waals surface area contributed by atoms with E-state index in [9.17, 15) is 36.9 Å². The lowest BCUT2D eigenvalue weighted by Crippen LogP contribution is -2.55. The molecule has 1 aromatic carbocycles. The molecular weight excluding hydrogens is 770 g/mol. The van der Waals surface area contributed by atoms with Gasteiger partial charge in [0.15, 0.2) is 0 Å². The normalized spacial score (nSPS) is 26.9. The maximum atomic E-state index is 14.4. The number of allylic oxidation sites excluding steroid dienone is 1. The van der Waals surface area contributed by atoms with Crippen LogP contribution in [0.15, 0.2) is 30.4 Å². The predicted octanol–water partition coefficient (Wildman–Crippen LogP) is 7.73. The number of carbonyl (C=O) groups excluding carboxylic acids is 4. The van der Waals surface area contributed by atoms with Crippen LogP contribution in [0.3, 0.4) is 0 Å². The molecule has 5 rings (SSSR count). The lowest BCUT2D eigenvalue weighted by atomic mass is 10.0. The standard InChI is InChI=1S/C39H57F3N5O9P/c1-6-53-57(52,54-7-2)38-24-27(38)16-12-9-8-10-13-17-29(43-36(51)56-37(3,4)5)34(49)47-25-28(23-32(47)33(48)45-38)55-35(50)44-30-22-26(39(40,41)42)18-19-31(30)46-20-14-11-15-21-46/h12,16,18-19,22,27-29,32H,6-11,13-15,17,20-21,23-25H2,1-5H3,(H,43,51)(H,44,50)(H,45,48)/b16-12-/t27?,28-,29+,32+,38?/m1/s1. The fourth-order valence-corrected chi connectivity index (χ4v) is 10.2. The molecule has 57 heavy (non-hydrogen) atoms. The number of nitrogens with zero attached hydrogens (tertiary/aromatic N) is 2. The number of halogens is 3. The quantitative estimate of drug-likeness (QED) is 0.166. The van der Waals surface area contributed by atoms with Crippen molar-refractivity contribution in [1.29, 1.82) is 0 Å². The highest BCUT2D eigenvalue weighted by molar-refractivity contribution is 7.56. The van der Waals surface area contributed by atoms with Crippen LogP contribution >= 0.6 is 7.60 Å². The van der Waals surface area contributed by atoms with E-state index in [4.69, 9.17) is 18.5 Å². The van der Waals surface area contributed by atoms with E-state index in [1.807, 2.05) is 17.1 Å². The summed E-state index contributed by atoms with van der Waals surface area (Å²) in [6.07, 6.45) is 1.90. The molecule has 0 spiro atoms. The van der Waals surface area contributed by atoms with Crippen LogP contribution in [0.2, 0.25) is 0 Å². The van der Waals surface area contributed by atoms with Crippen molar-refractivity contribution < 1.29 is 55.4 Å². The summed E-state index contributed by atoms with van der Waals surface area (Å²) >= 11 is 0. The van der Waals surface area contributed by atoms with E-state index < -0.39 is 72.4 Å². The third-order valence-electron chi connectivity index (χ3n) is 10.5. The molecular formula is C39H57F3N5O9P. The van der Waals surface area contributed by atoms with Gasteiger partial charge in [0.2, 0.25) is 11.8 Å². The van der Waals surface area contributed by atoms with Gasteiger partial charge in [-0.25, -0.2) is 9.59 Å². The van der Waals surface area contributed by atoms with Crippen LogP contribution in [-0.4, -0.2) is 90.8 Å². The molecule has 5 atom stereocenters. The molecule has 318 valence electrons. The van der Waals surface area contributed by atoms with Crippen molar-refractivity contribution in [3.05, 3.63) is 35.9 Å². The molecule has 3 aliphatic heterocycles. The van der Waals surface area contributed by atoms with Crippen LogP contribution in [0.4, 0.5) is 34.1 Å². The van der Waals surface area contributed by atoms with Crippen molar-refractivity contribution in [2.24, 2.45) is 5.92 Å². The van der Waals surface area contributed by atoms with Gasteiger partial charge in [-0.3, -0.25) is 19.5 Å². The zero-order valence-corrected chi connectivity index (χ0v) is 34.3. The Labute approximate surface area is 332 Å². The summed E-state index contributed by atoms with van der Waals surface area (Å²) in [4.78, 5) is 58.5. The highest BCUT2D eigenvalue weighted by atomic mass is 31.2. The number of fused-ring (bicyclic) bond motifs is 2. The average Bonchev–Trinajstić information content (AvgIpc) is 3.67. The monoisotopic (exact) mass is 827 g/mol. The highest BCUT2D eigenvalue weighted by Gasteiger charge is 2.68. The summed E-state index contributed by atoms with van der Waals surface area (Å²) in [7, 11) is -3.96. The van der Waals surface area contributed by atoms with Gasteiger partial charge in [-0.1, -0.05) is 25.0 Å². The van der Waals surface area contributed by atoms with Crippen LogP contribution < -0.4 is 20.9 Å². The van der Waals surface area contributed by atoms with Crippen molar-refractivity contribution in [2.45, 2.75) is 134 Å². The third-order valence-corrected chi connectivity index (χ3v) is 13.3. The number of benzene rings is 1. The van der Waals surface area contributed by atoms with Crippen molar-refractivity contribution in [3.8, 4) is 0 Å². The van der Waals surface area contributed by atoms with Gasteiger partial charge in [0.1, 0.15) is 29.1 Å². The molecule has 0 bridgehead atoms. The fourth-order valence-electron chi connectivity index (χ4n) is 7.78. The lowest BCUT2D eigenvalue weighted by molar-refractivity contribution is -0.140. The first-order chi connectivity index (χ1) is 26.9. The van der Waals surface area contributed by atoms with E-state index in [2.05, 4.69) is 16.0 Å². The number of anilines is 2. The SMILES string of the molecule is CCOP(=O)(OCC)C12CC1/C=C\CCCCC[C@H](NC(=O)OC(C)(C)C)C(=O)N1C[C@H](OC(=O)Nc3cc(C(F)(F)F)ccc3N3CCCCC3)C[C@H]1C(=O)N2. The minimum absolute atomic E-state index is 0.0494. The zero-order valence-electron chi connectivity index (χ0n) is 33.5. The molecule has 1 aromatic rings. The largest absolute Gasteiger partial charge is 0.444 e. The molecule has 0 radical (unpaired) electrons. The van der Waals surface area contributed by atoms with E-state index in [-0.39, 0.29) is 50.6 Å². The number of nitrogens with one attached hydrogen (secondary N) is 3. The van der Waals surface area contributed by atoms with Gasteiger partial charge in [-0.05, 0) is 97.8 Å². The Balaban J connectivity index is 1.45. The number of amides is 4. The predicted molar refractivity (Wildman–Crippen MR) is 207 cm³/mol. The molecule has 4 aliphatic rings. The number of hydrogen-bond acceptors (Lipinski definition) is 10. The topological polar surface area (TPSA) is 165 Å². The lowest BCUT2D eigenvalue weighted by Gasteiger charge is -2.32. The fraction of sp³-hybridized carbons (Fsp3) is 0.692. The molecule has 18 heteroatoms. The minimum atomic E-state index is -4.67. The van der Waals surface area contributed by atoms with Gasteiger partial charge in [-0.15, -0.1) is 0 Å². The van der Waals surface area contributed by atoms with Crippen LogP contribution in [0.1, 0.15) is 104 Å². The smallest absolute Gasteiger partial charge is 0.416 e. The number of alkyl halides is 3. The Morgan fingerprint density at radius 1 is 0.982 bits per heavy atom. The van der Waals surface area contributed by atoms with E-state index in [0.29, 0.717) is 31.6 Å². The Morgan fingerprint density at radius 2 is 1.67 bits per heavy atom. The number of ether oxygens (including phenoxy) is 2.